The molecule has 8 heteroatoms. The highest BCUT2D eigenvalue weighted by molar-refractivity contribution is 5.89. The standard InChI is InChI=1S/C20H23N5O3/c1-25(11-17-15-5-3-4-6-16(15)22-23-17)12-18-21-19(24-28-18)13-7-9-14(10-8-13)20(26)27-2/h7-10H,3-6,11-12H2,1-2H3,(H,22,23). The Hall–Kier alpha value is -3.00. The van der Waals surface area contributed by atoms with E-state index in [9.17, 15) is 4.79 Å². The maximum absolute atomic E-state index is 11.5. The molecule has 3 aromatic rings. The van der Waals surface area contributed by atoms with Crippen molar-refractivity contribution in [3.05, 3.63) is 52.7 Å². The molecular weight excluding hydrogens is 358 g/mol. The van der Waals surface area contributed by atoms with Gasteiger partial charge in [0.15, 0.2) is 0 Å². The number of hydrogen-bond acceptors (Lipinski definition) is 7. The van der Waals surface area contributed by atoms with Crippen LogP contribution in [0.1, 0.15) is 46.0 Å². The Balaban J connectivity index is 1.40. The molecule has 1 aromatic carbocycles. The molecule has 0 saturated carbocycles. The van der Waals surface area contributed by atoms with E-state index in [1.807, 2.05) is 7.05 Å². The van der Waals surface area contributed by atoms with Gasteiger partial charge in [-0.2, -0.15) is 10.1 Å². The quantitative estimate of drug-likeness (QED) is 0.656. The third-order valence-corrected chi connectivity index (χ3v) is 5.00. The maximum atomic E-state index is 11.5. The lowest BCUT2D eigenvalue weighted by Gasteiger charge is -2.15. The number of carbonyl (C=O) groups excluding carboxylic acids is 1. The van der Waals surface area contributed by atoms with Crippen LogP contribution in [0, 0.1) is 0 Å². The molecular formula is C20H23N5O3. The number of carbonyl (C=O) groups is 1. The van der Waals surface area contributed by atoms with Crippen LogP contribution in [0.15, 0.2) is 28.8 Å². The van der Waals surface area contributed by atoms with Gasteiger partial charge in [-0.3, -0.25) is 10.00 Å². The SMILES string of the molecule is COC(=O)c1ccc(-c2noc(CN(C)Cc3n[nH]c4c3CCCC4)n2)cc1. The largest absolute Gasteiger partial charge is 0.465 e. The number of methoxy groups -OCH3 is 1. The fraction of sp³-hybridized carbons (Fsp3) is 0.400. The van der Waals surface area contributed by atoms with Crippen molar-refractivity contribution >= 4 is 5.97 Å². The minimum Gasteiger partial charge on any atom is -0.465 e. The van der Waals surface area contributed by atoms with E-state index in [4.69, 9.17) is 9.26 Å². The first-order chi connectivity index (χ1) is 13.6. The number of rotatable bonds is 6. The lowest BCUT2D eigenvalue weighted by atomic mass is 9.96. The lowest BCUT2D eigenvalue weighted by Crippen LogP contribution is -2.19. The third kappa shape index (κ3) is 3.82. The molecule has 146 valence electrons. The summed E-state index contributed by atoms with van der Waals surface area (Å²) in [6, 6.07) is 6.93. The van der Waals surface area contributed by atoms with Gasteiger partial charge in [0, 0.05) is 17.8 Å². The zero-order valence-corrected chi connectivity index (χ0v) is 16.1. The predicted octanol–water partition coefficient (Wildman–Crippen LogP) is 2.76. The van der Waals surface area contributed by atoms with E-state index >= 15 is 0 Å². The molecule has 28 heavy (non-hydrogen) atoms. The first kappa shape index (κ1) is 18.4. The maximum Gasteiger partial charge on any atom is 0.337 e. The second-order valence-corrected chi connectivity index (χ2v) is 7.09. The fourth-order valence-electron chi connectivity index (χ4n) is 3.53. The second kappa shape index (κ2) is 7.93. The summed E-state index contributed by atoms with van der Waals surface area (Å²) >= 11 is 0. The van der Waals surface area contributed by atoms with Crippen LogP contribution in [-0.2, 0) is 30.7 Å². The van der Waals surface area contributed by atoms with Crippen LogP contribution in [-0.4, -0.2) is 45.4 Å². The molecule has 2 aromatic heterocycles. The van der Waals surface area contributed by atoms with E-state index in [1.165, 1.54) is 31.2 Å². The molecule has 0 radical (unpaired) electrons. The van der Waals surface area contributed by atoms with Gasteiger partial charge in [-0.25, -0.2) is 4.79 Å². The van der Waals surface area contributed by atoms with Crippen LogP contribution in [0.3, 0.4) is 0 Å². The summed E-state index contributed by atoms with van der Waals surface area (Å²) in [5.41, 5.74) is 5.03. The molecule has 4 rings (SSSR count). The Morgan fingerprint density at radius 2 is 2.00 bits per heavy atom. The average molecular weight is 381 g/mol. The number of nitrogens with one attached hydrogen (secondary N) is 1. The van der Waals surface area contributed by atoms with Crippen LogP contribution < -0.4 is 0 Å². The third-order valence-electron chi connectivity index (χ3n) is 5.00. The van der Waals surface area contributed by atoms with Crippen molar-refractivity contribution in [3.63, 3.8) is 0 Å². The Kier molecular flexibility index (Phi) is 5.21. The number of benzene rings is 1. The molecule has 0 aliphatic heterocycles. The van der Waals surface area contributed by atoms with Gasteiger partial charge in [-0.1, -0.05) is 17.3 Å². The molecule has 8 nitrogen and oxygen atoms in total. The molecule has 0 atom stereocenters. The summed E-state index contributed by atoms with van der Waals surface area (Å²) in [6.45, 7) is 1.27. The highest BCUT2D eigenvalue weighted by Gasteiger charge is 2.19. The molecule has 0 saturated heterocycles. The van der Waals surface area contributed by atoms with Crippen molar-refractivity contribution in [2.45, 2.75) is 38.8 Å². The van der Waals surface area contributed by atoms with Crippen LogP contribution in [0.25, 0.3) is 11.4 Å². The molecule has 0 fully saturated rings. The van der Waals surface area contributed by atoms with Gasteiger partial charge >= 0.3 is 5.97 Å². The van der Waals surface area contributed by atoms with E-state index in [0.29, 0.717) is 23.8 Å². The molecule has 1 N–H and O–H groups in total. The lowest BCUT2D eigenvalue weighted by molar-refractivity contribution is 0.0600. The smallest absolute Gasteiger partial charge is 0.337 e. The Morgan fingerprint density at radius 1 is 1.21 bits per heavy atom. The van der Waals surface area contributed by atoms with Crippen molar-refractivity contribution in [2.24, 2.45) is 0 Å². The van der Waals surface area contributed by atoms with Gasteiger partial charge in [0.05, 0.1) is 24.9 Å². The van der Waals surface area contributed by atoms with Crippen LogP contribution in [0.4, 0.5) is 0 Å². The van der Waals surface area contributed by atoms with Crippen molar-refractivity contribution in [3.8, 4) is 11.4 Å². The van der Waals surface area contributed by atoms with Gasteiger partial charge in [0.2, 0.25) is 11.7 Å². The van der Waals surface area contributed by atoms with E-state index in [0.717, 1.165) is 30.6 Å². The van der Waals surface area contributed by atoms with E-state index in [-0.39, 0.29) is 5.97 Å². The molecule has 0 spiro atoms. The number of H-pyrrole nitrogens is 1. The van der Waals surface area contributed by atoms with E-state index in [2.05, 4.69) is 25.2 Å². The van der Waals surface area contributed by atoms with Gasteiger partial charge in [0.25, 0.3) is 0 Å². The van der Waals surface area contributed by atoms with Crippen molar-refractivity contribution in [1.29, 1.82) is 0 Å². The normalized spacial score (nSPS) is 13.5. The zero-order valence-electron chi connectivity index (χ0n) is 16.1. The van der Waals surface area contributed by atoms with E-state index < -0.39 is 0 Å². The van der Waals surface area contributed by atoms with E-state index in [1.54, 1.807) is 24.3 Å². The molecule has 1 aliphatic rings. The average Bonchev–Trinajstić information content (AvgIpc) is 3.35. The summed E-state index contributed by atoms with van der Waals surface area (Å²) in [5.74, 6) is 0.665. The van der Waals surface area contributed by atoms with Crippen molar-refractivity contribution in [1.82, 2.24) is 25.2 Å². The number of ether oxygens (including phenoxy) is 1. The number of aromatic amines is 1. The van der Waals surface area contributed by atoms with Gasteiger partial charge in [-0.15, -0.1) is 0 Å². The highest BCUT2D eigenvalue weighted by atomic mass is 16.5. The number of hydrogen-bond donors (Lipinski definition) is 1. The van der Waals surface area contributed by atoms with Crippen LogP contribution in [0.2, 0.25) is 0 Å². The summed E-state index contributed by atoms with van der Waals surface area (Å²) in [5, 5.41) is 11.7. The Labute approximate surface area is 162 Å². The van der Waals surface area contributed by atoms with Crippen LogP contribution >= 0.6 is 0 Å². The minimum absolute atomic E-state index is 0.373. The second-order valence-electron chi connectivity index (χ2n) is 7.09. The Bertz CT molecular complexity index is 961. The predicted molar refractivity (Wildman–Crippen MR) is 101 cm³/mol. The summed E-state index contributed by atoms with van der Waals surface area (Å²) in [6.07, 6.45) is 4.65. The van der Waals surface area contributed by atoms with Crippen molar-refractivity contribution in [2.75, 3.05) is 14.2 Å². The fourth-order valence-corrected chi connectivity index (χ4v) is 3.53. The molecule has 1 aliphatic carbocycles. The number of aryl methyl sites for hydroxylation is 1. The topological polar surface area (TPSA) is 97.1 Å². The Morgan fingerprint density at radius 3 is 2.79 bits per heavy atom. The van der Waals surface area contributed by atoms with Gasteiger partial charge in [-0.05, 0) is 50.4 Å². The first-order valence-electron chi connectivity index (χ1n) is 9.39. The molecule has 0 amide bonds. The van der Waals surface area contributed by atoms with Crippen molar-refractivity contribution < 1.29 is 14.1 Å². The number of fused-ring (bicyclic) bond motifs is 1. The number of aromatic nitrogens is 4. The summed E-state index contributed by atoms with van der Waals surface area (Å²) in [7, 11) is 3.37. The molecule has 0 unspecified atom stereocenters. The number of esters is 1. The van der Waals surface area contributed by atoms with Crippen LogP contribution in [0.5, 0.6) is 0 Å². The minimum atomic E-state index is -0.373. The zero-order chi connectivity index (χ0) is 19.5. The first-order valence-corrected chi connectivity index (χ1v) is 9.39. The number of nitrogens with zero attached hydrogens (tertiary/aromatic N) is 4. The summed E-state index contributed by atoms with van der Waals surface area (Å²) < 4.78 is 10.1. The highest BCUT2D eigenvalue weighted by Crippen LogP contribution is 2.23. The monoisotopic (exact) mass is 381 g/mol. The molecule has 0 bridgehead atoms. The molecule has 2 heterocycles. The summed E-state index contributed by atoms with van der Waals surface area (Å²) in [4.78, 5) is 18.1. The van der Waals surface area contributed by atoms with Gasteiger partial charge < -0.3 is 9.26 Å². The van der Waals surface area contributed by atoms with Gasteiger partial charge in [0.1, 0.15) is 0 Å².